The molecule has 0 aliphatic rings. The second kappa shape index (κ2) is 7.42. The zero-order chi connectivity index (χ0) is 17.0. The van der Waals surface area contributed by atoms with Gasteiger partial charge in [0.15, 0.2) is 6.10 Å². The molecule has 0 radical (unpaired) electrons. The number of carbonyl (C=O) groups excluding carboxylic acids is 2. The summed E-state index contributed by atoms with van der Waals surface area (Å²) in [6.07, 6.45) is 0.145. The van der Waals surface area contributed by atoms with Gasteiger partial charge >= 0.3 is 0 Å². The van der Waals surface area contributed by atoms with Crippen LogP contribution in [0.2, 0.25) is 0 Å². The van der Waals surface area contributed by atoms with Crippen molar-refractivity contribution in [2.75, 3.05) is 5.32 Å². The van der Waals surface area contributed by atoms with Gasteiger partial charge in [0, 0.05) is 15.7 Å². The molecule has 1 N–H and O–H groups in total. The fourth-order valence-corrected chi connectivity index (χ4v) is 2.51. The summed E-state index contributed by atoms with van der Waals surface area (Å²) in [7, 11) is 0. The van der Waals surface area contributed by atoms with Gasteiger partial charge in [0.1, 0.15) is 12.0 Å². The van der Waals surface area contributed by atoms with Gasteiger partial charge in [0.2, 0.25) is 0 Å². The normalized spacial score (nSPS) is 11.7. The Kier molecular flexibility index (Phi) is 5.55. The number of hydrogen-bond acceptors (Lipinski definition) is 3. The molecule has 0 saturated carbocycles. The lowest BCUT2D eigenvalue weighted by Crippen LogP contribution is -2.30. The van der Waals surface area contributed by atoms with E-state index in [1.807, 2.05) is 38.1 Å². The standard InChI is InChI=1S/C18H18BrNO3/c1-11-8-14(10-21)9-12(2)17(11)23-13(3)18(22)20-16-6-4-15(19)5-7-16/h4-10,13H,1-3H3,(H,20,22)/t13-/m0/s1. The van der Waals surface area contributed by atoms with Gasteiger partial charge in [0.25, 0.3) is 5.91 Å². The Morgan fingerprint density at radius 3 is 2.26 bits per heavy atom. The van der Waals surface area contributed by atoms with Gasteiger partial charge in [-0.1, -0.05) is 15.9 Å². The fraction of sp³-hybridized carbons (Fsp3) is 0.222. The van der Waals surface area contributed by atoms with Crippen LogP contribution in [-0.2, 0) is 4.79 Å². The van der Waals surface area contributed by atoms with Gasteiger partial charge < -0.3 is 10.1 Å². The number of carbonyl (C=O) groups is 2. The number of aldehydes is 1. The highest BCUT2D eigenvalue weighted by Crippen LogP contribution is 2.25. The highest BCUT2D eigenvalue weighted by Gasteiger charge is 2.17. The zero-order valence-electron chi connectivity index (χ0n) is 13.2. The van der Waals surface area contributed by atoms with Crippen LogP contribution < -0.4 is 10.1 Å². The highest BCUT2D eigenvalue weighted by molar-refractivity contribution is 9.10. The van der Waals surface area contributed by atoms with Crippen molar-refractivity contribution in [2.45, 2.75) is 26.9 Å². The first kappa shape index (κ1) is 17.2. The van der Waals surface area contributed by atoms with Gasteiger partial charge in [-0.25, -0.2) is 0 Å². The second-order valence-corrected chi connectivity index (χ2v) is 6.27. The molecule has 2 aromatic carbocycles. The molecule has 120 valence electrons. The number of nitrogens with one attached hydrogen (secondary N) is 1. The molecule has 0 unspecified atom stereocenters. The van der Waals surface area contributed by atoms with Gasteiger partial charge in [-0.2, -0.15) is 0 Å². The Labute approximate surface area is 144 Å². The summed E-state index contributed by atoms with van der Waals surface area (Å²) in [6, 6.07) is 10.8. The van der Waals surface area contributed by atoms with Gasteiger partial charge in [-0.15, -0.1) is 0 Å². The van der Waals surface area contributed by atoms with E-state index in [1.165, 1.54) is 0 Å². The third-order valence-electron chi connectivity index (χ3n) is 3.39. The molecule has 1 amide bonds. The molecule has 0 saturated heterocycles. The van der Waals surface area contributed by atoms with Crippen molar-refractivity contribution in [3.8, 4) is 5.75 Å². The highest BCUT2D eigenvalue weighted by atomic mass is 79.9. The predicted molar refractivity (Wildman–Crippen MR) is 94.2 cm³/mol. The van der Waals surface area contributed by atoms with Crippen LogP contribution in [0.25, 0.3) is 0 Å². The first-order valence-electron chi connectivity index (χ1n) is 7.20. The minimum Gasteiger partial charge on any atom is -0.480 e. The minimum absolute atomic E-state index is 0.231. The van der Waals surface area contributed by atoms with Crippen LogP contribution in [0.5, 0.6) is 5.75 Å². The molecule has 2 rings (SSSR count). The Morgan fingerprint density at radius 2 is 1.74 bits per heavy atom. The van der Waals surface area contributed by atoms with E-state index in [0.717, 1.165) is 21.9 Å². The maximum atomic E-state index is 12.2. The topological polar surface area (TPSA) is 55.4 Å². The number of anilines is 1. The third-order valence-corrected chi connectivity index (χ3v) is 3.92. The van der Waals surface area contributed by atoms with Crippen LogP contribution in [0.4, 0.5) is 5.69 Å². The second-order valence-electron chi connectivity index (χ2n) is 5.36. The van der Waals surface area contributed by atoms with E-state index in [0.29, 0.717) is 17.0 Å². The zero-order valence-corrected chi connectivity index (χ0v) is 14.8. The lowest BCUT2D eigenvalue weighted by molar-refractivity contribution is -0.122. The van der Waals surface area contributed by atoms with E-state index in [1.54, 1.807) is 19.1 Å². The van der Waals surface area contributed by atoms with E-state index >= 15 is 0 Å². The van der Waals surface area contributed by atoms with Crippen LogP contribution in [0.1, 0.15) is 28.4 Å². The van der Waals surface area contributed by atoms with Crippen LogP contribution in [0, 0.1) is 13.8 Å². The molecule has 1 atom stereocenters. The molecule has 0 heterocycles. The number of amides is 1. The maximum absolute atomic E-state index is 12.2. The van der Waals surface area contributed by atoms with Gasteiger partial charge in [-0.3, -0.25) is 9.59 Å². The molecule has 0 aliphatic heterocycles. The Hall–Kier alpha value is -2.14. The van der Waals surface area contributed by atoms with Crippen molar-refractivity contribution in [3.05, 3.63) is 57.6 Å². The smallest absolute Gasteiger partial charge is 0.265 e. The molecule has 23 heavy (non-hydrogen) atoms. The van der Waals surface area contributed by atoms with Crippen molar-refractivity contribution in [1.82, 2.24) is 0 Å². The summed E-state index contributed by atoms with van der Waals surface area (Å²) in [4.78, 5) is 23.1. The summed E-state index contributed by atoms with van der Waals surface area (Å²) < 4.78 is 6.74. The van der Waals surface area contributed by atoms with E-state index < -0.39 is 6.10 Å². The predicted octanol–water partition coefficient (Wildman–Crippen LogP) is 4.28. The summed E-state index contributed by atoms with van der Waals surface area (Å²) in [5.41, 5.74) is 2.96. The number of benzene rings is 2. The summed E-state index contributed by atoms with van der Waals surface area (Å²) >= 11 is 3.35. The number of rotatable bonds is 5. The van der Waals surface area contributed by atoms with Crippen molar-refractivity contribution in [2.24, 2.45) is 0 Å². The minimum atomic E-state index is -0.655. The van der Waals surface area contributed by atoms with Crippen LogP contribution in [0.15, 0.2) is 40.9 Å². The van der Waals surface area contributed by atoms with E-state index in [2.05, 4.69) is 21.2 Å². The molecule has 0 aliphatic carbocycles. The molecular formula is C18H18BrNO3. The van der Waals surface area contributed by atoms with E-state index in [4.69, 9.17) is 4.74 Å². The Bertz CT molecular complexity index is 703. The molecule has 0 aromatic heterocycles. The monoisotopic (exact) mass is 375 g/mol. The van der Waals surface area contributed by atoms with Gasteiger partial charge in [0.05, 0.1) is 0 Å². The molecule has 4 nitrogen and oxygen atoms in total. The number of halogens is 1. The van der Waals surface area contributed by atoms with E-state index in [-0.39, 0.29) is 5.91 Å². The Balaban J connectivity index is 2.09. The SMILES string of the molecule is Cc1cc(C=O)cc(C)c1O[C@@H](C)C(=O)Nc1ccc(Br)cc1. The largest absolute Gasteiger partial charge is 0.480 e. The molecule has 5 heteroatoms. The van der Waals surface area contributed by atoms with E-state index in [9.17, 15) is 9.59 Å². The average Bonchev–Trinajstić information content (AvgIpc) is 2.52. The quantitative estimate of drug-likeness (QED) is 0.793. The first-order chi connectivity index (χ1) is 10.9. The number of ether oxygens (including phenoxy) is 1. The lowest BCUT2D eigenvalue weighted by Gasteiger charge is -2.18. The molecule has 0 bridgehead atoms. The average molecular weight is 376 g/mol. The number of hydrogen-bond donors (Lipinski definition) is 1. The lowest BCUT2D eigenvalue weighted by atomic mass is 10.1. The maximum Gasteiger partial charge on any atom is 0.265 e. The molecule has 0 spiro atoms. The first-order valence-corrected chi connectivity index (χ1v) is 7.99. The summed E-state index contributed by atoms with van der Waals surface area (Å²) in [6.45, 7) is 5.41. The van der Waals surface area contributed by atoms with Crippen molar-refractivity contribution in [1.29, 1.82) is 0 Å². The fourth-order valence-electron chi connectivity index (χ4n) is 2.25. The van der Waals surface area contributed by atoms with Crippen LogP contribution >= 0.6 is 15.9 Å². The molecule has 2 aromatic rings. The molecule has 0 fully saturated rings. The molecular weight excluding hydrogens is 358 g/mol. The van der Waals surface area contributed by atoms with Crippen molar-refractivity contribution < 1.29 is 14.3 Å². The summed E-state index contributed by atoms with van der Waals surface area (Å²) in [5, 5.41) is 2.81. The Morgan fingerprint density at radius 1 is 1.17 bits per heavy atom. The third kappa shape index (κ3) is 4.42. The van der Waals surface area contributed by atoms with Crippen molar-refractivity contribution in [3.63, 3.8) is 0 Å². The summed E-state index contributed by atoms with van der Waals surface area (Å²) in [5.74, 6) is 0.402. The van der Waals surface area contributed by atoms with Crippen LogP contribution in [0.3, 0.4) is 0 Å². The van der Waals surface area contributed by atoms with Crippen LogP contribution in [-0.4, -0.2) is 18.3 Å². The van der Waals surface area contributed by atoms with Gasteiger partial charge in [-0.05, 0) is 68.3 Å². The number of aryl methyl sites for hydroxylation is 2. The van der Waals surface area contributed by atoms with Crippen molar-refractivity contribution >= 4 is 33.8 Å².